The Labute approximate surface area is 193 Å². The highest BCUT2D eigenvalue weighted by Crippen LogP contribution is 2.50. The third-order valence-electron chi connectivity index (χ3n) is 7.98. The number of benzene rings is 4. The summed E-state index contributed by atoms with van der Waals surface area (Å²) in [5.41, 5.74) is 13.1. The van der Waals surface area contributed by atoms with E-state index in [0.29, 0.717) is 0 Å². The number of aromatic nitrogens is 5. The smallest absolute Gasteiger partial charge is 0.223 e. The second-order valence-corrected chi connectivity index (χ2v) is 10.0. The molecule has 5 nitrogen and oxygen atoms in total. The van der Waals surface area contributed by atoms with Crippen molar-refractivity contribution < 1.29 is 0 Å². The Morgan fingerprint density at radius 3 is 2.09 bits per heavy atom. The van der Waals surface area contributed by atoms with E-state index >= 15 is 0 Å². The Balaban J connectivity index is 1.50. The largest absolute Gasteiger partial charge is 0.276 e. The van der Waals surface area contributed by atoms with Crippen molar-refractivity contribution in [2.75, 3.05) is 0 Å². The van der Waals surface area contributed by atoms with Crippen LogP contribution in [0.25, 0.3) is 61.3 Å². The highest BCUT2D eigenvalue weighted by atomic mass is 15.3. The molecular weight excluding hydrogens is 418 g/mol. The normalized spacial score (nSPS) is 15.0. The van der Waals surface area contributed by atoms with Crippen LogP contribution in [0.15, 0.2) is 78.9 Å². The molecule has 0 saturated carbocycles. The molecule has 160 valence electrons. The summed E-state index contributed by atoms with van der Waals surface area (Å²) >= 11 is 0. The predicted octanol–water partition coefficient (Wildman–Crippen LogP) is 6.44. The van der Waals surface area contributed by atoms with E-state index in [1.54, 1.807) is 0 Å². The average Bonchev–Trinajstić information content (AvgIpc) is 3.60. The second-order valence-electron chi connectivity index (χ2n) is 10.0. The standard InChI is InChI=1S/C29H19N5/c1-29(2)18-9-4-3-8-16(18)17-14-21-25(15-19(17)29)33-24-13-7-12-23-26(24)34(28(33)31-21)27-30-20-10-5-6-11-22(20)32(23)27/h3-15H,1-2H3. The molecule has 1 aliphatic carbocycles. The van der Waals surface area contributed by atoms with Crippen molar-refractivity contribution in [2.45, 2.75) is 19.3 Å². The third kappa shape index (κ3) is 1.69. The summed E-state index contributed by atoms with van der Waals surface area (Å²) in [4.78, 5) is 10.2. The summed E-state index contributed by atoms with van der Waals surface area (Å²) in [5, 5.41) is 0. The summed E-state index contributed by atoms with van der Waals surface area (Å²) in [6.45, 7) is 4.66. The van der Waals surface area contributed by atoms with Crippen molar-refractivity contribution >= 4 is 50.2 Å². The number of para-hydroxylation sites is 3. The van der Waals surface area contributed by atoms with Crippen LogP contribution >= 0.6 is 0 Å². The molecule has 1 aliphatic rings. The second kappa shape index (κ2) is 5.23. The minimum absolute atomic E-state index is 0.0428. The maximum atomic E-state index is 5.20. The van der Waals surface area contributed by atoms with E-state index in [1.807, 2.05) is 6.07 Å². The molecule has 4 aromatic heterocycles. The lowest BCUT2D eigenvalue weighted by atomic mass is 9.82. The van der Waals surface area contributed by atoms with Gasteiger partial charge in [-0.1, -0.05) is 56.3 Å². The van der Waals surface area contributed by atoms with Crippen LogP contribution in [0.4, 0.5) is 0 Å². The van der Waals surface area contributed by atoms with Crippen LogP contribution in [0.1, 0.15) is 25.0 Å². The number of rotatable bonds is 0. The Morgan fingerprint density at radius 2 is 1.24 bits per heavy atom. The molecule has 0 spiro atoms. The van der Waals surface area contributed by atoms with Crippen molar-refractivity contribution in [1.29, 1.82) is 0 Å². The average molecular weight is 438 g/mol. The molecule has 4 heterocycles. The molecule has 0 radical (unpaired) electrons. The van der Waals surface area contributed by atoms with E-state index < -0.39 is 0 Å². The summed E-state index contributed by atoms with van der Waals surface area (Å²) < 4.78 is 6.81. The fourth-order valence-electron chi connectivity index (χ4n) is 6.45. The molecule has 0 aliphatic heterocycles. The Kier molecular flexibility index (Phi) is 2.64. The maximum absolute atomic E-state index is 5.20. The SMILES string of the molecule is CC1(C)c2ccccc2-c2cc3nc4n(c3cc21)c1cccc2c1n4c1nc3ccccc3n21. The Morgan fingerprint density at radius 1 is 0.559 bits per heavy atom. The molecular formula is C29H19N5. The molecule has 0 atom stereocenters. The zero-order chi connectivity index (χ0) is 22.3. The number of imidazole rings is 4. The highest BCUT2D eigenvalue weighted by Gasteiger charge is 2.36. The van der Waals surface area contributed by atoms with Crippen molar-refractivity contribution in [3.05, 3.63) is 90.0 Å². The predicted molar refractivity (Wildman–Crippen MR) is 136 cm³/mol. The van der Waals surface area contributed by atoms with Gasteiger partial charge in [0.05, 0.1) is 33.1 Å². The topological polar surface area (TPSA) is 39.0 Å². The minimum atomic E-state index is -0.0428. The monoisotopic (exact) mass is 437 g/mol. The van der Waals surface area contributed by atoms with Gasteiger partial charge in [0.15, 0.2) is 0 Å². The van der Waals surface area contributed by atoms with Gasteiger partial charge in [-0.3, -0.25) is 8.80 Å². The molecule has 0 amide bonds. The fraction of sp³-hybridized carbons (Fsp3) is 0.103. The van der Waals surface area contributed by atoms with Gasteiger partial charge in [0.25, 0.3) is 0 Å². The highest BCUT2D eigenvalue weighted by molar-refractivity contribution is 6.04. The third-order valence-corrected chi connectivity index (χ3v) is 7.98. The van der Waals surface area contributed by atoms with Gasteiger partial charge in [-0.05, 0) is 58.7 Å². The van der Waals surface area contributed by atoms with Gasteiger partial charge in [0.1, 0.15) is 5.52 Å². The molecule has 0 N–H and O–H groups in total. The number of hydrogen-bond acceptors (Lipinski definition) is 2. The lowest BCUT2D eigenvalue weighted by Crippen LogP contribution is -2.14. The Bertz CT molecular complexity index is 2150. The van der Waals surface area contributed by atoms with Crippen molar-refractivity contribution in [2.24, 2.45) is 0 Å². The van der Waals surface area contributed by atoms with E-state index in [1.165, 1.54) is 27.8 Å². The van der Waals surface area contributed by atoms with Crippen LogP contribution in [0.5, 0.6) is 0 Å². The first kappa shape index (κ1) is 17.1. The summed E-state index contributed by atoms with van der Waals surface area (Å²) in [7, 11) is 0. The molecule has 4 aromatic carbocycles. The first-order chi connectivity index (χ1) is 16.6. The lowest BCUT2D eigenvalue weighted by Gasteiger charge is -2.21. The van der Waals surface area contributed by atoms with E-state index in [2.05, 4.69) is 99.8 Å². The molecule has 34 heavy (non-hydrogen) atoms. The van der Waals surface area contributed by atoms with Gasteiger partial charge in [0, 0.05) is 5.41 Å². The number of nitrogens with zero attached hydrogens (tertiary/aromatic N) is 5. The number of fused-ring (bicyclic) bond motifs is 13. The van der Waals surface area contributed by atoms with E-state index in [0.717, 1.165) is 44.7 Å². The fourth-order valence-corrected chi connectivity index (χ4v) is 6.45. The van der Waals surface area contributed by atoms with Crippen LogP contribution in [-0.4, -0.2) is 23.2 Å². The van der Waals surface area contributed by atoms with Gasteiger partial charge in [-0.2, -0.15) is 0 Å². The molecule has 5 heteroatoms. The molecule has 0 fully saturated rings. The zero-order valence-corrected chi connectivity index (χ0v) is 18.7. The first-order valence-corrected chi connectivity index (χ1v) is 11.7. The number of hydrogen-bond donors (Lipinski definition) is 0. The van der Waals surface area contributed by atoms with Crippen LogP contribution < -0.4 is 0 Å². The van der Waals surface area contributed by atoms with E-state index in [-0.39, 0.29) is 5.41 Å². The zero-order valence-electron chi connectivity index (χ0n) is 18.7. The maximum Gasteiger partial charge on any atom is 0.223 e. The van der Waals surface area contributed by atoms with Gasteiger partial charge >= 0.3 is 0 Å². The van der Waals surface area contributed by atoms with Gasteiger partial charge in [-0.15, -0.1) is 0 Å². The molecule has 9 rings (SSSR count). The lowest BCUT2D eigenvalue weighted by molar-refractivity contribution is 0.661. The molecule has 8 aromatic rings. The van der Waals surface area contributed by atoms with E-state index in [4.69, 9.17) is 9.97 Å². The van der Waals surface area contributed by atoms with Crippen LogP contribution in [-0.2, 0) is 5.41 Å². The van der Waals surface area contributed by atoms with Gasteiger partial charge in [0.2, 0.25) is 11.6 Å². The first-order valence-electron chi connectivity index (χ1n) is 11.7. The van der Waals surface area contributed by atoms with Crippen molar-refractivity contribution in [1.82, 2.24) is 23.2 Å². The van der Waals surface area contributed by atoms with Crippen LogP contribution in [0.3, 0.4) is 0 Å². The quantitative estimate of drug-likeness (QED) is 0.274. The summed E-state index contributed by atoms with van der Waals surface area (Å²) in [5.74, 6) is 1.83. The van der Waals surface area contributed by atoms with Crippen LogP contribution in [0, 0.1) is 0 Å². The van der Waals surface area contributed by atoms with E-state index in [9.17, 15) is 0 Å². The van der Waals surface area contributed by atoms with Gasteiger partial charge in [-0.25, -0.2) is 14.4 Å². The van der Waals surface area contributed by atoms with Crippen molar-refractivity contribution in [3.8, 4) is 11.1 Å². The molecule has 0 saturated heterocycles. The van der Waals surface area contributed by atoms with Gasteiger partial charge < -0.3 is 0 Å². The Hall–Kier alpha value is -4.38. The van der Waals surface area contributed by atoms with Crippen LogP contribution in [0.2, 0.25) is 0 Å². The summed E-state index contributed by atoms with van der Waals surface area (Å²) in [6.07, 6.45) is 0. The molecule has 0 unspecified atom stereocenters. The minimum Gasteiger partial charge on any atom is -0.276 e. The van der Waals surface area contributed by atoms with Crippen molar-refractivity contribution in [3.63, 3.8) is 0 Å². The summed E-state index contributed by atoms with van der Waals surface area (Å²) in [6, 6.07) is 28.3. The molecule has 0 bridgehead atoms.